The van der Waals surface area contributed by atoms with Gasteiger partial charge in [-0.1, -0.05) is 44.0 Å². The molecule has 4 rings (SSSR count). The van der Waals surface area contributed by atoms with E-state index in [1.807, 2.05) is 50.6 Å². The number of amides is 1. The Bertz CT molecular complexity index is 1480. The Kier molecular flexibility index (Phi) is 9.02. The summed E-state index contributed by atoms with van der Waals surface area (Å²) in [4.78, 5) is 14.6. The maximum atomic E-state index is 15.5. The molecule has 0 bridgehead atoms. The minimum atomic E-state index is -1.87. The van der Waals surface area contributed by atoms with E-state index in [9.17, 15) is 4.79 Å². The summed E-state index contributed by atoms with van der Waals surface area (Å²) in [5.74, 6) is -0.495. The van der Waals surface area contributed by atoms with Gasteiger partial charge in [0.25, 0.3) is 0 Å². The van der Waals surface area contributed by atoms with Crippen molar-refractivity contribution >= 4 is 54.2 Å². The number of likely N-dealkylation sites (tertiary alicyclic amines) is 1. The van der Waals surface area contributed by atoms with Crippen LogP contribution in [0.1, 0.15) is 59.2 Å². The monoisotopic (exact) mass is 636 g/mol. The van der Waals surface area contributed by atoms with Crippen molar-refractivity contribution in [3.05, 3.63) is 57.5 Å². The largest absolute Gasteiger partial charge is 0.444 e. The quantitative estimate of drug-likeness (QED) is 0.207. The lowest BCUT2D eigenvalue weighted by Gasteiger charge is -2.36. The molecule has 0 radical (unpaired) electrons. The number of anilines is 1. The average molecular weight is 638 g/mol. The smallest absolute Gasteiger partial charge is 0.410 e. The van der Waals surface area contributed by atoms with Crippen molar-refractivity contribution in [2.45, 2.75) is 90.7 Å². The maximum absolute atomic E-state index is 15.5. The fraction of sp³-hybridized carbons (Fsp3) is 0.548. The molecule has 1 unspecified atom stereocenters. The zero-order valence-electron chi connectivity index (χ0n) is 26.1. The predicted molar refractivity (Wildman–Crippen MR) is 172 cm³/mol. The van der Waals surface area contributed by atoms with Crippen molar-refractivity contribution in [2.75, 3.05) is 25.0 Å². The maximum Gasteiger partial charge on any atom is 0.410 e. The fourth-order valence-electron chi connectivity index (χ4n) is 5.07. The zero-order valence-corrected chi connectivity index (χ0v) is 28.6. The first-order valence-electron chi connectivity index (χ1n) is 14.3. The first-order valence-corrected chi connectivity index (χ1v) is 18.0. The van der Waals surface area contributed by atoms with Gasteiger partial charge in [0.1, 0.15) is 11.4 Å². The topological polar surface area (TPSA) is 68.6 Å². The molecule has 2 heterocycles. The van der Waals surface area contributed by atoms with Crippen LogP contribution in [-0.4, -0.2) is 54.4 Å². The number of rotatable bonds is 7. The molecule has 42 heavy (non-hydrogen) atoms. The molecule has 1 aromatic heterocycles. The van der Waals surface area contributed by atoms with E-state index in [-0.39, 0.29) is 27.2 Å². The van der Waals surface area contributed by atoms with E-state index in [4.69, 9.17) is 37.5 Å². The highest BCUT2D eigenvalue weighted by molar-refractivity contribution is 6.74. The molecule has 7 nitrogen and oxygen atoms in total. The van der Waals surface area contributed by atoms with Crippen molar-refractivity contribution in [2.24, 2.45) is 0 Å². The molecule has 1 aliphatic rings. The Hall–Kier alpha value is -2.33. The van der Waals surface area contributed by atoms with Crippen LogP contribution >= 0.6 is 23.2 Å². The number of carbonyl (C=O) groups excluding carboxylic acids is 1. The van der Waals surface area contributed by atoms with Crippen LogP contribution in [0.3, 0.4) is 0 Å². The van der Waals surface area contributed by atoms with Gasteiger partial charge in [-0.05, 0) is 82.6 Å². The van der Waals surface area contributed by atoms with E-state index in [0.717, 1.165) is 22.3 Å². The molecule has 0 aliphatic carbocycles. The fourth-order valence-corrected chi connectivity index (χ4v) is 6.59. The molecule has 3 aromatic rings. The molecule has 0 saturated carbocycles. The number of nitrogens with one attached hydrogen (secondary N) is 1. The van der Waals surface area contributed by atoms with Gasteiger partial charge in [0.05, 0.1) is 40.8 Å². The van der Waals surface area contributed by atoms with E-state index in [0.29, 0.717) is 26.1 Å². The zero-order chi connectivity index (χ0) is 31.3. The number of carbonyl (C=O) groups is 1. The SMILES string of the molecule is Cc1c2ccc(NC3(c4c(F)ccc(Cl)c4Cl)CCN(C(=O)OC(C)(C)C)C3)cc2nn1CCO[Si](C)(C)C(C)(C)C. The minimum Gasteiger partial charge on any atom is -0.444 e. The number of nitrogens with zero attached hydrogens (tertiary/aromatic N) is 3. The van der Waals surface area contributed by atoms with Crippen LogP contribution in [0, 0.1) is 12.7 Å². The third kappa shape index (κ3) is 6.74. The summed E-state index contributed by atoms with van der Waals surface area (Å²) in [6, 6.07) is 8.65. The van der Waals surface area contributed by atoms with Crippen molar-refractivity contribution < 1.29 is 18.3 Å². The molecule has 0 spiro atoms. The van der Waals surface area contributed by atoms with E-state index in [1.165, 1.54) is 12.1 Å². The third-order valence-corrected chi connectivity index (χ3v) is 13.7. The lowest BCUT2D eigenvalue weighted by atomic mass is 9.87. The first kappa shape index (κ1) is 32.6. The van der Waals surface area contributed by atoms with Gasteiger partial charge in [0.15, 0.2) is 8.32 Å². The van der Waals surface area contributed by atoms with Crippen LogP contribution in [0.15, 0.2) is 30.3 Å². The summed E-state index contributed by atoms with van der Waals surface area (Å²) in [6.07, 6.45) is -0.0611. The number of hydrogen-bond acceptors (Lipinski definition) is 5. The highest BCUT2D eigenvalue weighted by Gasteiger charge is 2.46. The van der Waals surface area contributed by atoms with Crippen molar-refractivity contribution in [3.63, 3.8) is 0 Å². The third-order valence-electron chi connectivity index (χ3n) is 8.40. The molecule has 230 valence electrons. The minimum absolute atomic E-state index is 0.123. The van der Waals surface area contributed by atoms with Crippen LogP contribution in [0.4, 0.5) is 14.9 Å². The number of aromatic nitrogens is 2. The normalized spacial score (nSPS) is 18.1. The standard InChI is InChI=1S/C31H43Cl2FN4O3Si/c1-20-22-11-10-21(18-25(22)36-38(20)16-17-40-42(8,9)30(5,6)7)35-31(26-24(34)13-12-23(32)27(26)33)14-15-37(19-31)28(39)41-29(2,3)4/h10-13,18,35H,14-17,19H2,1-9H3. The summed E-state index contributed by atoms with van der Waals surface area (Å²) in [6.45, 7) is 20.4. The number of hydrogen-bond donors (Lipinski definition) is 1. The molecule has 1 atom stereocenters. The van der Waals surface area contributed by atoms with Crippen molar-refractivity contribution in [1.29, 1.82) is 0 Å². The van der Waals surface area contributed by atoms with E-state index < -0.39 is 31.4 Å². The van der Waals surface area contributed by atoms with Crippen molar-refractivity contribution in [3.8, 4) is 0 Å². The van der Waals surface area contributed by atoms with Gasteiger partial charge < -0.3 is 19.4 Å². The summed E-state index contributed by atoms with van der Waals surface area (Å²) >= 11 is 13.0. The van der Waals surface area contributed by atoms with Crippen molar-refractivity contribution in [1.82, 2.24) is 14.7 Å². The average Bonchev–Trinajstić information content (AvgIpc) is 3.41. The highest BCUT2D eigenvalue weighted by atomic mass is 35.5. The summed E-state index contributed by atoms with van der Waals surface area (Å²) in [5, 5.41) is 9.92. The second-order valence-electron chi connectivity index (χ2n) is 13.7. The summed E-state index contributed by atoms with van der Waals surface area (Å²) in [5.41, 5.74) is 1.11. The van der Waals surface area contributed by atoms with Gasteiger partial charge in [-0.25, -0.2) is 9.18 Å². The van der Waals surface area contributed by atoms with Gasteiger partial charge in [0.2, 0.25) is 0 Å². The van der Waals surface area contributed by atoms with Crippen LogP contribution < -0.4 is 5.32 Å². The molecular formula is C31H43Cl2FN4O3Si. The Labute approximate surface area is 259 Å². The number of fused-ring (bicyclic) bond motifs is 1. The molecule has 1 amide bonds. The molecule has 2 aromatic carbocycles. The second-order valence-corrected chi connectivity index (χ2v) is 19.3. The Balaban J connectivity index is 1.64. The Morgan fingerprint density at radius 1 is 1.14 bits per heavy atom. The van der Waals surface area contributed by atoms with Crippen LogP contribution in [-0.2, 0) is 21.2 Å². The van der Waals surface area contributed by atoms with E-state index >= 15 is 4.39 Å². The highest BCUT2D eigenvalue weighted by Crippen LogP contribution is 2.43. The second kappa shape index (κ2) is 11.6. The van der Waals surface area contributed by atoms with Crippen LogP contribution in [0.25, 0.3) is 10.9 Å². The van der Waals surface area contributed by atoms with Gasteiger partial charge in [-0.15, -0.1) is 0 Å². The Morgan fingerprint density at radius 3 is 2.48 bits per heavy atom. The van der Waals surface area contributed by atoms with Gasteiger partial charge >= 0.3 is 6.09 Å². The Morgan fingerprint density at radius 2 is 1.83 bits per heavy atom. The summed E-state index contributed by atoms with van der Waals surface area (Å²) in [7, 11) is -1.87. The lowest BCUT2D eigenvalue weighted by Crippen LogP contribution is -2.42. The number of aryl methyl sites for hydroxylation is 1. The van der Waals surface area contributed by atoms with Crippen LogP contribution in [0.2, 0.25) is 28.2 Å². The number of ether oxygens (including phenoxy) is 1. The molecule has 1 aliphatic heterocycles. The van der Waals surface area contributed by atoms with E-state index in [1.54, 1.807) is 4.90 Å². The first-order chi connectivity index (χ1) is 19.3. The molecule has 11 heteroatoms. The molecule has 1 fully saturated rings. The number of halogens is 3. The molecule has 1 saturated heterocycles. The van der Waals surface area contributed by atoms with Gasteiger partial charge in [-0.2, -0.15) is 5.10 Å². The lowest BCUT2D eigenvalue weighted by molar-refractivity contribution is 0.0286. The predicted octanol–water partition coefficient (Wildman–Crippen LogP) is 8.76. The molecular weight excluding hydrogens is 594 g/mol. The number of benzene rings is 2. The van der Waals surface area contributed by atoms with Crippen LogP contribution in [0.5, 0.6) is 0 Å². The summed E-state index contributed by atoms with van der Waals surface area (Å²) < 4.78 is 29.4. The van der Waals surface area contributed by atoms with Gasteiger partial charge in [0, 0.05) is 28.9 Å². The molecule has 1 N–H and O–H groups in total. The van der Waals surface area contributed by atoms with Gasteiger partial charge in [-0.3, -0.25) is 4.68 Å². The van der Waals surface area contributed by atoms with E-state index in [2.05, 4.69) is 39.2 Å².